The SMILES string of the molecule is CCOc1c(Br)cccc1CC1CO1. The smallest absolute Gasteiger partial charge is 0.136 e. The Kier molecular flexibility index (Phi) is 3.08. The highest BCUT2D eigenvalue weighted by atomic mass is 79.9. The standard InChI is InChI=1S/C11H13BrO2/c1-2-13-11-8(6-9-7-14-9)4-3-5-10(11)12/h3-5,9H,2,6-7H2,1H3. The maximum absolute atomic E-state index is 5.59. The fourth-order valence-corrected chi connectivity index (χ4v) is 1.97. The van der Waals surface area contributed by atoms with Gasteiger partial charge in [-0.3, -0.25) is 0 Å². The van der Waals surface area contributed by atoms with Crippen LogP contribution in [0.4, 0.5) is 0 Å². The Morgan fingerprint density at radius 2 is 2.36 bits per heavy atom. The molecule has 1 saturated heterocycles. The van der Waals surface area contributed by atoms with Crippen molar-refractivity contribution in [2.24, 2.45) is 0 Å². The largest absolute Gasteiger partial charge is 0.492 e. The minimum atomic E-state index is 0.406. The van der Waals surface area contributed by atoms with E-state index in [2.05, 4.69) is 22.0 Å². The quantitative estimate of drug-likeness (QED) is 0.773. The highest BCUT2D eigenvalue weighted by molar-refractivity contribution is 9.10. The summed E-state index contributed by atoms with van der Waals surface area (Å²) in [7, 11) is 0. The summed E-state index contributed by atoms with van der Waals surface area (Å²) in [5.41, 5.74) is 1.23. The molecule has 1 aliphatic rings. The van der Waals surface area contributed by atoms with E-state index in [9.17, 15) is 0 Å². The summed E-state index contributed by atoms with van der Waals surface area (Å²) in [6, 6.07) is 6.13. The van der Waals surface area contributed by atoms with Crippen LogP contribution in [-0.4, -0.2) is 19.3 Å². The number of halogens is 1. The molecule has 0 bridgehead atoms. The molecule has 2 nitrogen and oxygen atoms in total. The molecule has 1 heterocycles. The molecule has 0 aromatic heterocycles. The van der Waals surface area contributed by atoms with Crippen molar-refractivity contribution in [2.45, 2.75) is 19.4 Å². The van der Waals surface area contributed by atoms with E-state index < -0.39 is 0 Å². The molecule has 1 atom stereocenters. The predicted molar refractivity (Wildman–Crippen MR) is 58.8 cm³/mol. The van der Waals surface area contributed by atoms with Gasteiger partial charge in [0.25, 0.3) is 0 Å². The van der Waals surface area contributed by atoms with Gasteiger partial charge < -0.3 is 9.47 Å². The number of benzene rings is 1. The first kappa shape index (κ1) is 9.99. The molecule has 1 aromatic carbocycles. The zero-order valence-electron chi connectivity index (χ0n) is 8.13. The minimum absolute atomic E-state index is 0.406. The molecule has 3 heteroatoms. The molecule has 1 aromatic rings. The van der Waals surface area contributed by atoms with Crippen LogP contribution in [0.25, 0.3) is 0 Å². The normalized spacial score (nSPS) is 19.4. The Labute approximate surface area is 92.3 Å². The molecule has 0 saturated carbocycles. The Bertz CT molecular complexity index is 321. The van der Waals surface area contributed by atoms with E-state index in [1.807, 2.05) is 19.1 Å². The summed E-state index contributed by atoms with van der Waals surface area (Å²) in [4.78, 5) is 0. The fraction of sp³-hybridized carbons (Fsp3) is 0.455. The summed E-state index contributed by atoms with van der Waals surface area (Å²) in [5.74, 6) is 0.963. The highest BCUT2D eigenvalue weighted by Gasteiger charge is 2.24. The van der Waals surface area contributed by atoms with Crippen LogP contribution in [0.2, 0.25) is 0 Å². The van der Waals surface area contributed by atoms with E-state index in [0.29, 0.717) is 12.7 Å². The van der Waals surface area contributed by atoms with Gasteiger partial charge in [-0.1, -0.05) is 12.1 Å². The van der Waals surface area contributed by atoms with Crippen molar-refractivity contribution in [1.29, 1.82) is 0 Å². The van der Waals surface area contributed by atoms with Crippen molar-refractivity contribution < 1.29 is 9.47 Å². The Balaban J connectivity index is 2.21. The first-order valence-corrected chi connectivity index (χ1v) is 5.62. The maximum Gasteiger partial charge on any atom is 0.136 e. The second-order valence-corrected chi connectivity index (χ2v) is 4.17. The molecule has 2 rings (SSSR count). The van der Waals surface area contributed by atoms with Crippen LogP contribution in [0, 0.1) is 0 Å². The van der Waals surface area contributed by atoms with E-state index in [0.717, 1.165) is 23.2 Å². The van der Waals surface area contributed by atoms with Gasteiger partial charge in [0.2, 0.25) is 0 Å². The first-order chi connectivity index (χ1) is 6.81. The number of rotatable bonds is 4. The molecule has 1 unspecified atom stereocenters. The van der Waals surface area contributed by atoms with Crippen LogP contribution in [0.5, 0.6) is 5.75 Å². The maximum atomic E-state index is 5.59. The molecule has 0 aliphatic carbocycles. The van der Waals surface area contributed by atoms with Gasteiger partial charge in [-0.15, -0.1) is 0 Å². The van der Waals surface area contributed by atoms with Gasteiger partial charge in [-0.2, -0.15) is 0 Å². The van der Waals surface area contributed by atoms with Gasteiger partial charge in [0.15, 0.2) is 0 Å². The Morgan fingerprint density at radius 3 is 3.00 bits per heavy atom. The third kappa shape index (κ3) is 2.28. The van der Waals surface area contributed by atoms with Crippen molar-refractivity contribution in [1.82, 2.24) is 0 Å². The number of ether oxygens (including phenoxy) is 2. The lowest BCUT2D eigenvalue weighted by molar-refractivity contribution is 0.331. The average Bonchev–Trinajstić information content (AvgIpc) is 2.95. The molecule has 0 N–H and O–H groups in total. The van der Waals surface area contributed by atoms with Crippen molar-refractivity contribution in [3.63, 3.8) is 0 Å². The van der Waals surface area contributed by atoms with Crippen molar-refractivity contribution >= 4 is 15.9 Å². The third-order valence-corrected chi connectivity index (χ3v) is 2.81. The monoisotopic (exact) mass is 256 g/mol. The van der Waals surface area contributed by atoms with Crippen LogP contribution < -0.4 is 4.74 Å². The summed E-state index contributed by atoms with van der Waals surface area (Å²) >= 11 is 3.49. The van der Waals surface area contributed by atoms with E-state index in [1.54, 1.807) is 0 Å². The Morgan fingerprint density at radius 1 is 1.57 bits per heavy atom. The average molecular weight is 257 g/mol. The lowest BCUT2D eigenvalue weighted by Crippen LogP contribution is -2.00. The minimum Gasteiger partial charge on any atom is -0.492 e. The van der Waals surface area contributed by atoms with Crippen molar-refractivity contribution in [3.8, 4) is 5.75 Å². The topological polar surface area (TPSA) is 21.8 Å². The van der Waals surface area contributed by atoms with E-state index in [1.165, 1.54) is 5.56 Å². The summed E-state index contributed by atoms with van der Waals surface area (Å²) < 4.78 is 11.8. The molecule has 1 fully saturated rings. The van der Waals surface area contributed by atoms with Gasteiger partial charge in [-0.25, -0.2) is 0 Å². The fourth-order valence-electron chi connectivity index (χ4n) is 1.45. The zero-order chi connectivity index (χ0) is 9.97. The van der Waals surface area contributed by atoms with Crippen LogP contribution in [0.15, 0.2) is 22.7 Å². The lowest BCUT2D eigenvalue weighted by Gasteiger charge is -2.10. The highest BCUT2D eigenvalue weighted by Crippen LogP contribution is 2.31. The van der Waals surface area contributed by atoms with Crippen molar-refractivity contribution in [2.75, 3.05) is 13.2 Å². The lowest BCUT2D eigenvalue weighted by atomic mass is 10.1. The van der Waals surface area contributed by atoms with Crippen LogP contribution in [-0.2, 0) is 11.2 Å². The van der Waals surface area contributed by atoms with E-state index in [4.69, 9.17) is 9.47 Å². The van der Waals surface area contributed by atoms with Gasteiger partial charge in [0.05, 0.1) is 23.8 Å². The predicted octanol–water partition coefficient (Wildman–Crippen LogP) is 2.79. The van der Waals surface area contributed by atoms with Gasteiger partial charge in [0, 0.05) is 6.42 Å². The van der Waals surface area contributed by atoms with Crippen LogP contribution in [0.1, 0.15) is 12.5 Å². The number of para-hydroxylation sites is 1. The first-order valence-electron chi connectivity index (χ1n) is 4.83. The van der Waals surface area contributed by atoms with Gasteiger partial charge in [0.1, 0.15) is 5.75 Å². The molecule has 14 heavy (non-hydrogen) atoms. The van der Waals surface area contributed by atoms with E-state index in [-0.39, 0.29) is 0 Å². The second kappa shape index (κ2) is 4.32. The summed E-state index contributed by atoms with van der Waals surface area (Å²) in [6.45, 7) is 3.58. The third-order valence-electron chi connectivity index (χ3n) is 2.19. The summed E-state index contributed by atoms with van der Waals surface area (Å²) in [6.07, 6.45) is 1.36. The van der Waals surface area contributed by atoms with E-state index >= 15 is 0 Å². The molecule has 76 valence electrons. The van der Waals surface area contributed by atoms with Gasteiger partial charge >= 0.3 is 0 Å². The number of epoxide rings is 1. The molecule has 0 amide bonds. The number of hydrogen-bond donors (Lipinski definition) is 0. The second-order valence-electron chi connectivity index (χ2n) is 3.32. The van der Waals surface area contributed by atoms with Crippen LogP contribution in [0.3, 0.4) is 0 Å². The van der Waals surface area contributed by atoms with Crippen LogP contribution >= 0.6 is 15.9 Å². The molecule has 0 radical (unpaired) electrons. The van der Waals surface area contributed by atoms with Gasteiger partial charge in [-0.05, 0) is 34.5 Å². The molecular formula is C11H13BrO2. The molecule has 1 aliphatic heterocycles. The number of hydrogen-bond acceptors (Lipinski definition) is 2. The zero-order valence-corrected chi connectivity index (χ0v) is 9.71. The van der Waals surface area contributed by atoms with Crippen molar-refractivity contribution in [3.05, 3.63) is 28.2 Å². The molecular weight excluding hydrogens is 244 g/mol. The molecule has 0 spiro atoms. The Hall–Kier alpha value is -0.540. The summed E-state index contributed by atoms with van der Waals surface area (Å²) in [5, 5.41) is 0.